The molecular weight excluding hydrogens is 661 g/mol. The molecule has 3 aliphatic rings. The zero-order valence-electron chi connectivity index (χ0n) is 29.3. The minimum atomic E-state index is -1.02. The number of nitrogens with zero attached hydrogens (tertiary/aromatic N) is 2. The van der Waals surface area contributed by atoms with Crippen LogP contribution < -0.4 is 26.0 Å². The van der Waals surface area contributed by atoms with E-state index >= 15 is 0 Å². The van der Waals surface area contributed by atoms with Gasteiger partial charge in [0.1, 0.15) is 6.04 Å². The quantitative estimate of drug-likeness (QED) is 0.165. The predicted octanol–water partition coefficient (Wildman–Crippen LogP) is 6.61. The largest absolute Gasteiger partial charge is 0.481 e. The smallest absolute Gasteiger partial charge is 0.305 e. The van der Waals surface area contributed by atoms with Crippen molar-refractivity contribution in [3.63, 3.8) is 0 Å². The maximum absolute atomic E-state index is 13.0. The van der Waals surface area contributed by atoms with Crippen molar-refractivity contribution in [2.45, 2.75) is 44.7 Å². The summed E-state index contributed by atoms with van der Waals surface area (Å²) in [6.07, 6.45) is 17.4. The Balaban J connectivity index is 0.000000168. The lowest BCUT2D eigenvalue weighted by atomic mass is 9.89. The molecule has 2 aliphatic carbocycles. The summed E-state index contributed by atoms with van der Waals surface area (Å²) < 4.78 is 0. The first kappa shape index (κ1) is 34.9. The number of anilines is 3. The van der Waals surface area contributed by atoms with E-state index in [0.29, 0.717) is 6.54 Å². The van der Waals surface area contributed by atoms with Crippen LogP contribution in [0.4, 0.5) is 17.1 Å². The number of rotatable bonds is 7. The Labute approximate surface area is 307 Å². The van der Waals surface area contributed by atoms with Crippen molar-refractivity contribution in [1.82, 2.24) is 4.98 Å². The third-order valence-electron chi connectivity index (χ3n) is 9.80. The Kier molecular flexibility index (Phi) is 10.4. The van der Waals surface area contributed by atoms with Gasteiger partial charge in [-0.2, -0.15) is 0 Å². The van der Waals surface area contributed by atoms with Crippen LogP contribution >= 0.6 is 0 Å². The van der Waals surface area contributed by atoms with Gasteiger partial charge < -0.3 is 20.6 Å². The predicted molar refractivity (Wildman–Crippen MR) is 211 cm³/mol. The van der Waals surface area contributed by atoms with Gasteiger partial charge in [0.2, 0.25) is 11.8 Å². The highest BCUT2D eigenvalue weighted by atomic mass is 16.4. The van der Waals surface area contributed by atoms with Gasteiger partial charge in [0.05, 0.1) is 18.7 Å². The first-order valence-electron chi connectivity index (χ1n) is 17.8. The lowest BCUT2D eigenvalue weighted by Gasteiger charge is -2.25. The topological polar surface area (TPSA) is 112 Å². The molecule has 53 heavy (non-hydrogen) atoms. The van der Waals surface area contributed by atoms with Crippen molar-refractivity contribution in [2.24, 2.45) is 0 Å². The summed E-state index contributed by atoms with van der Waals surface area (Å²) in [5.41, 5.74) is 8.06. The molecule has 0 radical (unpaired) electrons. The van der Waals surface area contributed by atoms with Gasteiger partial charge in [-0.15, -0.1) is 0 Å². The van der Waals surface area contributed by atoms with Gasteiger partial charge >= 0.3 is 5.97 Å². The third kappa shape index (κ3) is 7.87. The summed E-state index contributed by atoms with van der Waals surface area (Å²) >= 11 is 0. The molecule has 3 N–H and O–H groups in total. The molecule has 8 rings (SSSR count). The molecule has 8 heteroatoms. The van der Waals surface area contributed by atoms with E-state index in [9.17, 15) is 14.4 Å². The Morgan fingerprint density at radius 1 is 0.925 bits per heavy atom. The zero-order valence-corrected chi connectivity index (χ0v) is 29.3. The fourth-order valence-electron chi connectivity index (χ4n) is 7.22. The van der Waals surface area contributed by atoms with Crippen LogP contribution in [0.25, 0.3) is 24.3 Å². The van der Waals surface area contributed by atoms with Crippen molar-refractivity contribution in [2.75, 3.05) is 15.5 Å². The molecule has 1 unspecified atom stereocenters. The second kappa shape index (κ2) is 15.8. The number of para-hydroxylation sites is 2. The number of nitrogens with one attached hydrogen (secondary N) is 2. The Morgan fingerprint density at radius 2 is 1.72 bits per heavy atom. The van der Waals surface area contributed by atoms with E-state index in [1.807, 2.05) is 66.7 Å². The molecule has 0 bridgehead atoms. The molecular formula is C45H40N4O4. The molecule has 1 aromatic heterocycles. The molecule has 1 atom stereocenters. The van der Waals surface area contributed by atoms with Gasteiger partial charge in [-0.05, 0) is 117 Å². The summed E-state index contributed by atoms with van der Waals surface area (Å²) in [5, 5.41) is 20.4. The second-order valence-electron chi connectivity index (χ2n) is 13.2. The first-order chi connectivity index (χ1) is 25.9. The molecule has 0 spiro atoms. The highest BCUT2D eigenvalue weighted by Gasteiger charge is 2.32. The van der Waals surface area contributed by atoms with Crippen molar-refractivity contribution in [1.29, 1.82) is 0 Å². The number of hydrogen-bond donors (Lipinski definition) is 3. The number of carboxylic acids is 1. The maximum Gasteiger partial charge on any atom is 0.305 e. The van der Waals surface area contributed by atoms with Crippen LogP contribution in [0, 0.1) is 10.4 Å². The highest BCUT2D eigenvalue weighted by molar-refractivity contribution is 6.03. The zero-order chi connectivity index (χ0) is 36.7. The fraction of sp³-hybridized carbons (Fsp3) is 0.156. The summed E-state index contributed by atoms with van der Waals surface area (Å²) in [7, 11) is 0. The molecule has 1 aliphatic heterocycles. The molecule has 2 amide bonds. The van der Waals surface area contributed by atoms with Crippen LogP contribution in [0.3, 0.4) is 0 Å². The Bertz CT molecular complexity index is 2470. The Morgan fingerprint density at radius 3 is 2.55 bits per heavy atom. The molecule has 4 aromatic carbocycles. The average molecular weight is 701 g/mol. The molecule has 8 nitrogen and oxygen atoms in total. The van der Waals surface area contributed by atoms with Gasteiger partial charge in [0.25, 0.3) is 0 Å². The van der Waals surface area contributed by atoms with Gasteiger partial charge in [-0.3, -0.25) is 19.4 Å². The number of amides is 2. The first-order valence-corrected chi connectivity index (χ1v) is 17.8. The number of benzene rings is 4. The summed E-state index contributed by atoms with van der Waals surface area (Å²) in [6.45, 7) is 4.18. The van der Waals surface area contributed by atoms with E-state index in [1.54, 1.807) is 35.5 Å². The summed E-state index contributed by atoms with van der Waals surface area (Å²) in [6, 6.07) is 28.7. The number of carbonyl (C=O) groups excluding carboxylic acids is 2. The lowest BCUT2D eigenvalue weighted by Crippen LogP contribution is -2.42. The number of hydrogen-bond acceptors (Lipinski definition) is 5. The van der Waals surface area contributed by atoms with Crippen molar-refractivity contribution < 1.29 is 19.5 Å². The number of fused-ring (bicyclic) bond motifs is 5. The highest BCUT2D eigenvalue weighted by Crippen LogP contribution is 2.30. The van der Waals surface area contributed by atoms with Crippen LogP contribution in [0.15, 0.2) is 116 Å². The number of pyridine rings is 1. The molecule has 0 saturated heterocycles. The van der Waals surface area contributed by atoms with Crippen LogP contribution in [-0.2, 0) is 33.8 Å². The van der Waals surface area contributed by atoms with Crippen LogP contribution in [0.5, 0.6) is 0 Å². The van der Waals surface area contributed by atoms with Gasteiger partial charge in [-0.1, -0.05) is 79.4 Å². The van der Waals surface area contributed by atoms with E-state index < -0.39 is 12.0 Å². The van der Waals surface area contributed by atoms with Crippen molar-refractivity contribution >= 4 is 59.1 Å². The van der Waals surface area contributed by atoms with Crippen LogP contribution in [0.1, 0.15) is 47.1 Å². The second-order valence-corrected chi connectivity index (χ2v) is 13.2. The maximum atomic E-state index is 13.0. The van der Waals surface area contributed by atoms with E-state index in [-0.39, 0.29) is 18.2 Å². The molecule has 2 heterocycles. The average Bonchev–Trinajstić information content (AvgIpc) is 3.32. The van der Waals surface area contributed by atoms with E-state index in [4.69, 9.17) is 5.11 Å². The van der Waals surface area contributed by atoms with Crippen molar-refractivity contribution in [3.8, 4) is 0 Å². The van der Waals surface area contributed by atoms with E-state index in [2.05, 4.69) is 58.6 Å². The molecule has 0 saturated carbocycles. The number of carboxylic acid groups (broad SMARTS) is 1. The summed E-state index contributed by atoms with van der Waals surface area (Å²) in [5.74, 6) is -1.41. The minimum absolute atomic E-state index is 0.137. The third-order valence-corrected chi connectivity index (χ3v) is 9.80. The fourth-order valence-corrected chi connectivity index (χ4v) is 7.22. The molecule has 264 valence electrons. The lowest BCUT2D eigenvalue weighted by molar-refractivity contribution is -0.138. The van der Waals surface area contributed by atoms with Crippen LogP contribution in [0.2, 0.25) is 0 Å². The van der Waals surface area contributed by atoms with E-state index in [0.717, 1.165) is 40.2 Å². The van der Waals surface area contributed by atoms with Crippen molar-refractivity contribution in [3.05, 3.63) is 165 Å². The van der Waals surface area contributed by atoms with E-state index in [1.165, 1.54) is 51.3 Å². The number of carbonyl (C=O) groups is 3. The van der Waals surface area contributed by atoms with Crippen LogP contribution in [-0.4, -0.2) is 33.9 Å². The monoisotopic (exact) mass is 700 g/mol. The summed E-state index contributed by atoms with van der Waals surface area (Å²) in [4.78, 5) is 42.1. The number of aliphatic carboxylic acids is 1. The minimum Gasteiger partial charge on any atom is -0.481 e. The standard InChI is InChI=1S/C26H22N2O.C19H18N2O3/c29-26(12-5-18-13-15-27-16-14-18)28-21-8-11-23-20(17-21)7-10-24-22-4-2-1-3-19(22)6-9-25(23)24;1-2-13-7-4-6-10-17(13)21-12-14-8-3-5-9-15(14)20-16(19(21)24)11-18(22)23/h3,5-9,11-17H,1-2,4,10H2,(H,28,29);2-10,16,20H,1,11-12H2,(H,22,23). The van der Waals surface area contributed by atoms with Gasteiger partial charge in [0.15, 0.2) is 0 Å². The molecule has 0 fully saturated rings. The SMILES string of the molecule is C=Cc1ccccc1N1Cc2ccccc2NC(CC(=O)O)C1=O.O=C(C=Cc1ccncc1)Nc1ccc2c(c1)=CCc1c3c(ccc1=2)=CCCC3. The van der Waals surface area contributed by atoms with Gasteiger partial charge in [-0.25, -0.2) is 0 Å². The Hall–Kier alpha value is -6.54. The number of aromatic nitrogens is 1. The normalized spacial score (nSPS) is 15.4. The molecule has 5 aromatic rings. The van der Waals surface area contributed by atoms with Gasteiger partial charge in [0, 0.05) is 29.8 Å².